The number of nitrogens with zero attached hydrogens (tertiary/aromatic N) is 1. The lowest BCUT2D eigenvalue weighted by molar-refractivity contribution is 0.969. The molecule has 4 nitrogen and oxygen atoms in total. The van der Waals surface area contributed by atoms with Crippen molar-refractivity contribution < 1.29 is 0 Å². The fourth-order valence-corrected chi connectivity index (χ4v) is 2.19. The molecule has 0 radical (unpaired) electrons. The van der Waals surface area contributed by atoms with Crippen molar-refractivity contribution in [3.05, 3.63) is 42.4 Å². The van der Waals surface area contributed by atoms with Gasteiger partial charge in [-0.1, -0.05) is 15.9 Å². The Morgan fingerprint density at radius 3 is 2.60 bits per heavy atom. The number of benzene rings is 1. The quantitative estimate of drug-likeness (QED) is 0.777. The van der Waals surface area contributed by atoms with E-state index in [2.05, 4.69) is 42.1 Å². The number of H-pyrrole nitrogens is 2. The second-order valence-corrected chi connectivity index (χ2v) is 4.95. The third-order valence-corrected chi connectivity index (χ3v) is 3.28. The summed E-state index contributed by atoms with van der Waals surface area (Å²) in [7, 11) is 0. The Balaban J connectivity index is 2.79. The third kappa shape index (κ3) is 1.99. The maximum Gasteiger partial charge on any atom is 0.347 e. The zero-order chi connectivity index (χ0) is 11.0. The van der Waals surface area contributed by atoms with Gasteiger partial charge >= 0.3 is 5.69 Å². The summed E-state index contributed by atoms with van der Waals surface area (Å²) in [6.07, 6.45) is 0. The molecule has 2 N–H and O–H groups in total. The molecular formula is C8H5Br2N3OS. The molecule has 0 aliphatic carbocycles. The van der Waals surface area contributed by atoms with Gasteiger partial charge in [-0.2, -0.15) is 0 Å². The number of hydrogen-bond acceptors (Lipinski definition) is 2. The first kappa shape index (κ1) is 10.8. The summed E-state index contributed by atoms with van der Waals surface area (Å²) in [5.74, 6) is 0. The minimum absolute atomic E-state index is 0.293. The number of halogens is 2. The molecule has 0 aliphatic heterocycles. The highest BCUT2D eigenvalue weighted by Crippen LogP contribution is 2.23. The zero-order valence-corrected chi connectivity index (χ0v) is 11.2. The van der Waals surface area contributed by atoms with Gasteiger partial charge in [0.1, 0.15) is 0 Å². The monoisotopic (exact) mass is 349 g/mol. The standard InChI is InChI=1S/C8H5Br2N3OS/c9-4-1-2-5(10)6(3-4)13-7(14)11-12-8(13)15/h1-3H,(H,11,14)(H,12,15). The Morgan fingerprint density at radius 1 is 1.27 bits per heavy atom. The molecular weight excluding hydrogens is 346 g/mol. The maximum atomic E-state index is 11.5. The molecule has 0 aliphatic rings. The summed E-state index contributed by atoms with van der Waals surface area (Å²) in [6, 6.07) is 5.52. The fraction of sp³-hybridized carbons (Fsp3) is 0. The van der Waals surface area contributed by atoms with E-state index in [0.29, 0.717) is 10.5 Å². The van der Waals surface area contributed by atoms with E-state index in [1.807, 2.05) is 18.2 Å². The van der Waals surface area contributed by atoms with Crippen LogP contribution in [-0.2, 0) is 0 Å². The Morgan fingerprint density at radius 2 is 2.00 bits per heavy atom. The lowest BCUT2D eigenvalue weighted by Crippen LogP contribution is -2.15. The van der Waals surface area contributed by atoms with Crippen LogP contribution < -0.4 is 5.69 Å². The minimum Gasteiger partial charge on any atom is -0.272 e. The minimum atomic E-state index is -0.293. The van der Waals surface area contributed by atoms with Crippen molar-refractivity contribution >= 4 is 44.1 Å². The summed E-state index contributed by atoms with van der Waals surface area (Å²) in [5, 5.41) is 5.01. The van der Waals surface area contributed by atoms with E-state index >= 15 is 0 Å². The largest absolute Gasteiger partial charge is 0.347 e. The zero-order valence-electron chi connectivity index (χ0n) is 7.25. The van der Waals surface area contributed by atoms with Crippen molar-refractivity contribution in [1.82, 2.24) is 14.8 Å². The SMILES string of the molecule is O=c1[nH][nH]c(=S)n1-c1cc(Br)ccc1Br. The molecule has 0 fully saturated rings. The normalized spacial score (nSPS) is 10.5. The van der Waals surface area contributed by atoms with E-state index in [0.717, 1.165) is 8.95 Å². The van der Waals surface area contributed by atoms with Gasteiger partial charge < -0.3 is 0 Å². The van der Waals surface area contributed by atoms with Crippen LogP contribution >= 0.6 is 44.1 Å². The van der Waals surface area contributed by atoms with Crippen LogP contribution in [0.5, 0.6) is 0 Å². The van der Waals surface area contributed by atoms with Crippen molar-refractivity contribution in [2.75, 3.05) is 0 Å². The number of hydrogen-bond donors (Lipinski definition) is 2. The average Bonchev–Trinajstić information content (AvgIpc) is 2.51. The van der Waals surface area contributed by atoms with Gasteiger partial charge in [-0.3, -0.25) is 5.10 Å². The predicted octanol–water partition coefficient (Wildman–Crippen LogP) is 2.75. The van der Waals surface area contributed by atoms with E-state index < -0.39 is 0 Å². The molecule has 78 valence electrons. The molecule has 0 saturated heterocycles. The number of nitrogens with one attached hydrogen (secondary N) is 2. The van der Waals surface area contributed by atoms with Gasteiger partial charge in [0.05, 0.1) is 5.69 Å². The van der Waals surface area contributed by atoms with Gasteiger partial charge in [0.25, 0.3) is 0 Å². The summed E-state index contributed by atoms with van der Waals surface area (Å²) in [6.45, 7) is 0. The summed E-state index contributed by atoms with van der Waals surface area (Å²) in [5.41, 5.74) is 0.399. The van der Waals surface area contributed by atoms with Crippen LogP contribution in [0.15, 0.2) is 31.9 Å². The van der Waals surface area contributed by atoms with Crippen LogP contribution in [0.3, 0.4) is 0 Å². The van der Waals surface area contributed by atoms with Crippen molar-refractivity contribution in [3.8, 4) is 5.69 Å². The summed E-state index contributed by atoms with van der Waals surface area (Å²) < 4.78 is 3.39. The van der Waals surface area contributed by atoms with Gasteiger partial charge in [0.15, 0.2) is 0 Å². The second kappa shape index (κ2) is 4.07. The Hall–Kier alpha value is -0.660. The van der Waals surface area contributed by atoms with Crippen LogP contribution in [0.4, 0.5) is 0 Å². The first-order chi connectivity index (χ1) is 7.09. The van der Waals surface area contributed by atoms with Crippen molar-refractivity contribution in [1.29, 1.82) is 0 Å². The highest BCUT2D eigenvalue weighted by atomic mass is 79.9. The number of aromatic amines is 2. The highest BCUT2D eigenvalue weighted by Gasteiger charge is 2.07. The molecule has 1 heterocycles. The molecule has 2 rings (SSSR count). The van der Waals surface area contributed by atoms with E-state index in [4.69, 9.17) is 12.2 Å². The van der Waals surface area contributed by atoms with Crippen molar-refractivity contribution in [2.45, 2.75) is 0 Å². The molecule has 1 aromatic heterocycles. The first-order valence-electron chi connectivity index (χ1n) is 3.95. The van der Waals surface area contributed by atoms with Gasteiger partial charge in [0, 0.05) is 8.95 Å². The average molecular weight is 351 g/mol. The Kier molecular flexibility index (Phi) is 2.94. The van der Waals surface area contributed by atoms with E-state index in [1.165, 1.54) is 4.57 Å². The third-order valence-electron chi connectivity index (χ3n) is 1.83. The molecule has 15 heavy (non-hydrogen) atoms. The van der Waals surface area contributed by atoms with E-state index in [-0.39, 0.29) is 5.69 Å². The predicted molar refractivity (Wildman–Crippen MR) is 67.0 cm³/mol. The first-order valence-corrected chi connectivity index (χ1v) is 5.94. The van der Waals surface area contributed by atoms with Gasteiger partial charge in [-0.05, 0) is 46.3 Å². The van der Waals surface area contributed by atoms with E-state index in [1.54, 1.807) is 0 Å². The summed E-state index contributed by atoms with van der Waals surface area (Å²) in [4.78, 5) is 11.5. The topological polar surface area (TPSA) is 53.6 Å². The molecule has 0 amide bonds. The molecule has 0 bridgehead atoms. The van der Waals surface area contributed by atoms with Crippen LogP contribution in [0, 0.1) is 4.77 Å². The fourth-order valence-electron chi connectivity index (χ4n) is 1.19. The molecule has 0 unspecified atom stereocenters. The van der Waals surface area contributed by atoms with Gasteiger partial charge in [-0.25, -0.2) is 14.5 Å². The lowest BCUT2D eigenvalue weighted by Gasteiger charge is -2.03. The highest BCUT2D eigenvalue weighted by molar-refractivity contribution is 9.11. The number of aromatic nitrogens is 3. The molecule has 2 aromatic rings. The molecule has 0 spiro atoms. The molecule has 7 heteroatoms. The Labute approximate surface area is 107 Å². The van der Waals surface area contributed by atoms with Gasteiger partial charge in [0.2, 0.25) is 4.77 Å². The Bertz CT molecular complexity index is 585. The number of rotatable bonds is 1. The maximum absolute atomic E-state index is 11.5. The van der Waals surface area contributed by atoms with Crippen molar-refractivity contribution in [2.24, 2.45) is 0 Å². The van der Waals surface area contributed by atoms with Crippen LogP contribution in [0.1, 0.15) is 0 Å². The van der Waals surface area contributed by atoms with Gasteiger partial charge in [-0.15, -0.1) is 0 Å². The molecule has 1 aromatic carbocycles. The molecule has 0 saturated carbocycles. The second-order valence-electron chi connectivity index (χ2n) is 2.79. The van der Waals surface area contributed by atoms with Crippen LogP contribution in [-0.4, -0.2) is 14.8 Å². The van der Waals surface area contributed by atoms with E-state index in [9.17, 15) is 4.79 Å². The molecule has 0 atom stereocenters. The lowest BCUT2D eigenvalue weighted by atomic mass is 10.3. The van der Waals surface area contributed by atoms with Crippen LogP contribution in [0.25, 0.3) is 5.69 Å². The van der Waals surface area contributed by atoms with Crippen LogP contribution in [0.2, 0.25) is 0 Å². The van der Waals surface area contributed by atoms with Crippen molar-refractivity contribution in [3.63, 3.8) is 0 Å². The smallest absolute Gasteiger partial charge is 0.272 e. The summed E-state index contributed by atoms with van der Waals surface area (Å²) >= 11 is 11.7.